The quantitative estimate of drug-likeness (QED) is 0.457. The first-order chi connectivity index (χ1) is 15.0. The summed E-state index contributed by atoms with van der Waals surface area (Å²) in [5, 5.41) is 3.71. The van der Waals surface area contributed by atoms with Gasteiger partial charge in [0.25, 0.3) is 0 Å². The Hall–Kier alpha value is -3.72. The zero-order chi connectivity index (χ0) is 21.7. The maximum Gasteiger partial charge on any atom is 0.332 e. The molecule has 1 N–H and O–H groups in total. The number of methoxy groups -OCH3 is 2. The number of aryl methyl sites for hydroxylation is 1. The molecule has 0 atom stereocenters. The van der Waals surface area contributed by atoms with Crippen LogP contribution in [0.25, 0.3) is 20.7 Å². The Morgan fingerprint density at radius 2 is 1.87 bits per heavy atom. The number of hydrogen-bond donors (Lipinski definition) is 1. The lowest BCUT2D eigenvalue weighted by atomic mass is 10.1. The smallest absolute Gasteiger partial charge is 0.332 e. The minimum Gasteiger partial charge on any atom is -0.493 e. The van der Waals surface area contributed by atoms with Crippen LogP contribution in [0, 0.1) is 12.7 Å². The highest BCUT2D eigenvalue weighted by molar-refractivity contribution is 7.22. The summed E-state index contributed by atoms with van der Waals surface area (Å²) < 4.78 is 24.5. The fourth-order valence-corrected chi connectivity index (χ4v) is 4.74. The van der Waals surface area contributed by atoms with Gasteiger partial charge in [0, 0.05) is 0 Å². The van der Waals surface area contributed by atoms with E-state index in [4.69, 9.17) is 9.47 Å². The molecule has 0 saturated heterocycles. The molecular weight excluding hydrogens is 419 g/mol. The molecule has 0 spiro atoms. The number of carbonyl (C=O) groups is 1. The maximum absolute atomic E-state index is 13.8. The summed E-state index contributed by atoms with van der Waals surface area (Å²) in [6.07, 6.45) is 1.43. The second-order valence-corrected chi connectivity index (χ2v) is 7.95. The average molecular weight is 436 g/mol. The van der Waals surface area contributed by atoms with Gasteiger partial charge in [-0.2, -0.15) is 0 Å². The lowest BCUT2D eigenvalue weighted by molar-refractivity contribution is 0.258. The van der Waals surface area contributed by atoms with E-state index in [9.17, 15) is 9.18 Å². The molecule has 1 aliphatic rings. The fraction of sp³-hybridized carbons (Fsp3) is 0.136. The van der Waals surface area contributed by atoms with Crippen molar-refractivity contribution >= 4 is 44.8 Å². The number of rotatable bonds is 4. The molecular formula is C22H17FN4O3S. The van der Waals surface area contributed by atoms with Crippen molar-refractivity contribution in [3.8, 4) is 21.9 Å². The van der Waals surface area contributed by atoms with Crippen LogP contribution in [-0.4, -0.2) is 30.2 Å². The molecule has 2 aromatic heterocycles. The molecule has 9 heteroatoms. The third-order valence-corrected chi connectivity index (χ3v) is 6.31. The number of urea groups is 1. The second kappa shape index (κ2) is 7.21. The molecule has 2 aromatic carbocycles. The molecule has 1 aliphatic heterocycles. The van der Waals surface area contributed by atoms with Crippen LogP contribution in [0.1, 0.15) is 5.56 Å². The Morgan fingerprint density at radius 3 is 2.61 bits per heavy atom. The molecule has 7 nitrogen and oxygen atoms in total. The highest BCUT2D eigenvalue weighted by Crippen LogP contribution is 2.49. The number of thiophene rings is 1. The first-order valence-corrected chi connectivity index (χ1v) is 10.2. The average Bonchev–Trinajstić information content (AvgIpc) is 3.15. The Labute approximate surface area is 181 Å². The van der Waals surface area contributed by atoms with E-state index in [1.54, 1.807) is 33.3 Å². The van der Waals surface area contributed by atoms with Gasteiger partial charge in [-0.25, -0.2) is 24.1 Å². The van der Waals surface area contributed by atoms with Crippen molar-refractivity contribution < 1.29 is 18.7 Å². The second-order valence-electron chi connectivity index (χ2n) is 6.95. The standard InChI is InChI=1S/C22H17FN4O3S/c1-11-8-13(5-6-14(11)23)27-20-17-18(26-22(27)28)19(31-21(17)25-10-24-20)12-4-7-15(29-2)16(9-12)30-3/h4-10H,1-3H3,(H,26,28). The third kappa shape index (κ3) is 2.97. The Kier molecular flexibility index (Phi) is 4.48. The van der Waals surface area contributed by atoms with Gasteiger partial charge in [0.1, 0.15) is 17.0 Å². The summed E-state index contributed by atoms with van der Waals surface area (Å²) >= 11 is 1.44. The van der Waals surface area contributed by atoms with Gasteiger partial charge in [-0.3, -0.25) is 0 Å². The number of aromatic nitrogens is 2. The van der Waals surface area contributed by atoms with E-state index in [-0.39, 0.29) is 11.8 Å². The predicted molar refractivity (Wildman–Crippen MR) is 118 cm³/mol. The summed E-state index contributed by atoms with van der Waals surface area (Å²) in [6.45, 7) is 1.65. The number of nitrogens with one attached hydrogen (secondary N) is 1. The molecule has 3 heterocycles. The lowest BCUT2D eigenvalue weighted by Gasteiger charge is -2.27. The van der Waals surface area contributed by atoms with Crippen molar-refractivity contribution in [2.75, 3.05) is 24.4 Å². The van der Waals surface area contributed by atoms with Gasteiger partial charge in [0.15, 0.2) is 17.3 Å². The first-order valence-electron chi connectivity index (χ1n) is 9.39. The largest absolute Gasteiger partial charge is 0.493 e. The maximum atomic E-state index is 13.8. The summed E-state index contributed by atoms with van der Waals surface area (Å²) in [5.41, 5.74) is 2.47. The zero-order valence-electron chi connectivity index (χ0n) is 16.9. The van der Waals surface area contributed by atoms with E-state index >= 15 is 0 Å². The minimum atomic E-state index is -0.376. The van der Waals surface area contributed by atoms with Gasteiger partial charge in [0.2, 0.25) is 0 Å². The van der Waals surface area contributed by atoms with Crippen LogP contribution in [0.4, 0.5) is 26.4 Å². The molecule has 0 fully saturated rings. The molecule has 0 bridgehead atoms. The van der Waals surface area contributed by atoms with E-state index in [2.05, 4.69) is 15.3 Å². The molecule has 31 heavy (non-hydrogen) atoms. The molecule has 0 unspecified atom stereocenters. The Bertz CT molecular complexity index is 1350. The molecule has 0 saturated carbocycles. The highest BCUT2D eigenvalue weighted by atomic mass is 32.1. The van der Waals surface area contributed by atoms with Crippen LogP contribution in [-0.2, 0) is 0 Å². The summed E-state index contributed by atoms with van der Waals surface area (Å²) in [5.74, 6) is 1.32. The van der Waals surface area contributed by atoms with Gasteiger partial charge < -0.3 is 14.8 Å². The molecule has 2 amide bonds. The molecule has 0 aliphatic carbocycles. The molecule has 4 aromatic rings. The van der Waals surface area contributed by atoms with Crippen LogP contribution >= 0.6 is 11.3 Å². The van der Waals surface area contributed by atoms with Gasteiger partial charge in [0.05, 0.1) is 35.9 Å². The fourth-order valence-electron chi connectivity index (χ4n) is 3.65. The van der Waals surface area contributed by atoms with Crippen molar-refractivity contribution in [1.29, 1.82) is 0 Å². The van der Waals surface area contributed by atoms with Gasteiger partial charge in [-0.1, -0.05) is 0 Å². The number of ether oxygens (including phenoxy) is 2. The minimum absolute atomic E-state index is 0.332. The van der Waals surface area contributed by atoms with Crippen molar-refractivity contribution in [2.24, 2.45) is 0 Å². The van der Waals surface area contributed by atoms with E-state index in [1.807, 2.05) is 18.2 Å². The van der Waals surface area contributed by atoms with E-state index in [1.165, 1.54) is 28.6 Å². The van der Waals surface area contributed by atoms with E-state index in [0.29, 0.717) is 34.3 Å². The van der Waals surface area contributed by atoms with Crippen molar-refractivity contribution in [3.63, 3.8) is 0 Å². The third-order valence-electron chi connectivity index (χ3n) is 5.16. The first kappa shape index (κ1) is 19.3. The van der Waals surface area contributed by atoms with Crippen molar-refractivity contribution in [1.82, 2.24) is 9.97 Å². The number of halogens is 1. The van der Waals surface area contributed by atoms with Gasteiger partial charge in [-0.05, 0) is 54.4 Å². The Morgan fingerprint density at radius 1 is 1.06 bits per heavy atom. The van der Waals surface area contributed by atoms with Crippen molar-refractivity contribution in [3.05, 3.63) is 54.1 Å². The SMILES string of the molecule is COc1ccc(-c2sc3ncnc4c3c2NC(=O)N4c2ccc(F)c(C)c2)cc1OC. The van der Waals surface area contributed by atoms with Crippen molar-refractivity contribution in [2.45, 2.75) is 6.92 Å². The van der Waals surface area contributed by atoms with E-state index < -0.39 is 0 Å². The van der Waals surface area contributed by atoms with Crippen LogP contribution < -0.4 is 19.7 Å². The van der Waals surface area contributed by atoms with Crippen LogP contribution in [0.2, 0.25) is 0 Å². The van der Waals surface area contributed by atoms with Crippen LogP contribution in [0.5, 0.6) is 11.5 Å². The highest BCUT2D eigenvalue weighted by Gasteiger charge is 2.32. The monoisotopic (exact) mass is 436 g/mol. The van der Waals surface area contributed by atoms with Crippen LogP contribution in [0.15, 0.2) is 42.7 Å². The number of anilines is 3. The predicted octanol–water partition coefficient (Wildman–Crippen LogP) is 5.51. The lowest BCUT2D eigenvalue weighted by Crippen LogP contribution is -2.34. The number of hydrogen-bond acceptors (Lipinski definition) is 6. The number of amides is 2. The van der Waals surface area contributed by atoms with Gasteiger partial charge in [-0.15, -0.1) is 11.3 Å². The summed E-state index contributed by atoms with van der Waals surface area (Å²) in [6, 6.07) is 9.72. The zero-order valence-corrected chi connectivity index (χ0v) is 17.7. The van der Waals surface area contributed by atoms with Gasteiger partial charge >= 0.3 is 6.03 Å². The number of carbonyl (C=O) groups excluding carboxylic acids is 1. The summed E-state index contributed by atoms with van der Waals surface area (Å²) in [4.78, 5) is 24.9. The van der Waals surface area contributed by atoms with Crippen LogP contribution in [0.3, 0.4) is 0 Å². The number of benzene rings is 2. The molecule has 0 radical (unpaired) electrons. The normalized spacial score (nSPS) is 12.8. The number of nitrogens with zero attached hydrogens (tertiary/aromatic N) is 3. The topological polar surface area (TPSA) is 76.6 Å². The molecule has 156 valence electrons. The molecule has 5 rings (SSSR count). The summed E-state index contributed by atoms with van der Waals surface area (Å²) in [7, 11) is 3.15. The Balaban J connectivity index is 1.71. The van der Waals surface area contributed by atoms with E-state index in [0.717, 1.165) is 20.7 Å².